The molecule has 0 aromatic carbocycles. The Labute approximate surface area is 726 Å². The van der Waals surface area contributed by atoms with Gasteiger partial charge in [0.25, 0.3) is 0 Å². The van der Waals surface area contributed by atoms with Crippen LogP contribution in [0, 0.1) is 0 Å². The lowest BCUT2D eigenvalue weighted by molar-refractivity contribution is -0.161. The Morgan fingerprint density at radius 1 is 0.244 bits per heavy atom. The minimum absolute atomic E-state index is 0.0936. The summed E-state index contributed by atoms with van der Waals surface area (Å²) < 4.78 is 61.6. The van der Waals surface area contributed by atoms with E-state index in [-0.39, 0.29) is 19.3 Å². The first kappa shape index (κ1) is 114. The molecule has 0 amide bonds. The molecule has 0 saturated heterocycles. The second kappa shape index (κ2) is 92.1. The molecule has 0 aliphatic rings. The van der Waals surface area contributed by atoms with Crippen molar-refractivity contribution in [3.05, 3.63) is 170 Å². The summed E-state index contributed by atoms with van der Waals surface area (Å²) in [6.07, 6.45) is 120. The van der Waals surface area contributed by atoms with Crippen molar-refractivity contribution in [2.24, 2.45) is 0 Å². The van der Waals surface area contributed by atoms with Gasteiger partial charge in [0.05, 0.1) is 26.4 Å². The number of esters is 3. The summed E-state index contributed by atoms with van der Waals surface area (Å²) in [6, 6.07) is 0. The molecular weight excluding hydrogens is 1530 g/mol. The van der Waals surface area contributed by atoms with Crippen LogP contribution in [0.3, 0.4) is 0 Å². The topological polar surface area (TPSA) is 231 Å². The second-order valence-corrected chi connectivity index (χ2v) is 34.3. The number of ether oxygens (including phenoxy) is 3. The third kappa shape index (κ3) is 93.5. The Hall–Kier alpha value is -5.09. The van der Waals surface area contributed by atoms with Crippen LogP contribution < -0.4 is 0 Å². The zero-order chi connectivity index (χ0) is 86.5. The maximum Gasteiger partial charge on any atom is 0.472 e. The molecule has 5 atom stereocenters. The van der Waals surface area contributed by atoms with Gasteiger partial charge in [0, 0.05) is 19.3 Å². The fraction of sp³-hybridized carbons (Fsp3) is 0.693. The molecule has 0 rings (SSSR count). The molecule has 4 N–H and O–H groups in total. The summed E-state index contributed by atoms with van der Waals surface area (Å²) in [5.74, 6) is -1.58. The molecule has 0 aromatic heterocycles. The van der Waals surface area contributed by atoms with Crippen LogP contribution in [0.5, 0.6) is 0 Å². The first-order valence-corrected chi connectivity index (χ1v) is 50.4. The number of hydrogen-bond acceptors (Lipinski definition) is 14. The maximum atomic E-state index is 13.1. The van der Waals surface area contributed by atoms with Crippen molar-refractivity contribution < 1.29 is 75.8 Å². The van der Waals surface area contributed by atoms with Gasteiger partial charge >= 0.3 is 33.6 Å². The lowest BCUT2D eigenvalue weighted by Crippen LogP contribution is -2.30. The van der Waals surface area contributed by atoms with Crippen molar-refractivity contribution in [3.8, 4) is 0 Å². The van der Waals surface area contributed by atoms with Crippen molar-refractivity contribution in [2.45, 2.75) is 411 Å². The first-order chi connectivity index (χ1) is 58.2. The van der Waals surface area contributed by atoms with Crippen LogP contribution in [0.25, 0.3) is 0 Å². The summed E-state index contributed by atoms with van der Waals surface area (Å²) in [4.78, 5) is 59.1. The van der Waals surface area contributed by atoms with Gasteiger partial charge in [-0.3, -0.25) is 32.5 Å². The van der Waals surface area contributed by atoms with Gasteiger partial charge < -0.3 is 34.2 Å². The van der Waals surface area contributed by atoms with Crippen LogP contribution in [0.2, 0.25) is 0 Å². The number of carbonyl (C=O) groups excluding carboxylic acids is 3. The van der Waals surface area contributed by atoms with Gasteiger partial charge in [0.2, 0.25) is 0 Å². The number of aliphatic hydroxyl groups excluding tert-OH is 2. The normalized spacial score (nSPS) is 14.5. The number of carbonyl (C=O) groups is 3. The minimum atomic E-state index is -4.95. The summed E-state index contributed by atoms with van der Waals surface area (Å²) in [6.45, 7) is 2.55. The highest BCUT2D eigenvalue weighted by atomic mass is 31.2. The highest BCUT2D eigenvalue weighted by Crippen LogP contribution is 2.45. The number of aliphatic hydroxyl groups is 2. The van der Waals surface area contributed by atoms with Gasteiger partial charge in [-0.2, -0.15) is 0 Å². The average Bonchev–Trinajstić information content (AvgIpc) is 0.891. The SMILES string of the molecule is CC/C=C\C/C=C\C/C=C\C/C=C\C/C=C\C/C=C\CCCCCCCCCCCCC(=O)OCC(O)COP(=O)(O)OCC(O)COP(=O)(O)OCC(COC(=O)CCCCCCCCCCCCCCC/C=C\C/C=C\C/C=C\C/C=C\CCCCC)OC(=O)CCCCCCCCCCC/C=C\C/C=C\C/C=C\C/C=C\CCCCC. The third-order valence-electron chi connectivity index (χ3n) is 19.9. The van der Waals surface area contributed by atoms with Crippen molar-refractivity contribution >= 4 is 33.6 Å². The van der Waals surface area contributed by atoms with E-state index in [4.69, 9.17) is 32.3 Å². The van der Waals surface area contributed by atoms with Gasteiger partial charge in [0.1, 0.15) is 25.4 Å². The molecule has 0 heterocycles. The Bertz CT molecular complexity index is 2840. The molecule has 0 bridgehead atoms. The number of hydrogen-bond donors (Lipinski definition) is 4. The third-order valence-corrected chi connectivity index (χ3v) is 21.8. The lowest BCUT2D eigenvalue weighted by atomic mass is 10.0. The van der Waals surface area contributed by atoms with E-state index in [2.05, 4.69) is 191 Å². The lowest BCUT2D eigenvalue weighted by Gasteiger charge is -2.21. The molecule has 0 spiro atoms. The van der Waals surface area contributed by atoms with E-state index in [9.17, 15) is 43.5 Å². The number of phosphoric ester groups is 2. The molecule has 0 aliphatic carbocycles. The average molecular weight is 1700 g/mol. The molecule has 16 nitrogen and oxygen atoms in total. The van der Waals surface area contributed by atoms with Crippen LogP contribution in [0.15, 0.2) is 170 Å². The van der Waals surface area contributed by atoms with Crippen molar-refractivity contribution in [1.29, 1.82) is 0 Å². The van der Waals surface area contributed by atoms with Gasteiger partial charge in [-0.05, 0) is 161 Å². The number of rotatable bonds is 89. The van der Waals surface area contributed by atoms with E-state index < -0.39 is 91.5 Å². The predicted octanol–water partition coefficient (Wildman–Crippen LogP) is 29.4. The van der Waals surface area contributed by atoms with E-state index in [0.717, 1.165) is 173 Å². The highest BCUT2D eigenvalue weighted by Gasteiger charge is 2.30. The molecule has 0 radical (unpaired) electrons. The Balaban J connectivity index is 4.67. The fourth-order valence-corrected chi connectivity index (χ4v) is 14.3. The summed E-state index contributed by atoms with van der Waals surface area (Å²) in [5.41, 5.74) is 0. The van der Waals surface area contributed by atoms with Gasteiger partial charge in [-0.1, -0.05) is 384 Å². The standard InChI is InChI=1S/C101H172O16P2/c1-4-7-10-13-16-19-22-25-28-31-34-37-40-43-45-47-49-52-54-57-60-63-66-69-72-75-78-81-84-87-99(104)111-90-96(102)91-113-118(107,108)114-92-97(103)93-115-119(109,110)116-95-98(117-101(106)89-86-83-80-77-74-71-68-65-62-59-56-51-42-39-36-33-30-27-24-21-18-15-12-9-6-3)94-112-100(105)88-85-82-79-76-73-70-67-64-61-58-55-53-50-48-46-44-41-38-35-32-29-26-23-20-17-14-11-8-5-2/h7,10,16-21,25-30,34-39,43-46,49,51-52,56,96-98,102-103H,4-6,8-9,11-15,22-24,31-33,40-42,47-48,50,53-55,57-95H2,1-3H3,(H,107,108)(H,109,110)/b10-7-,19-16-,20-17-,21-18-,28-25-,29-26-,30-27-,37-34-,38-35-,39-36-,45-43-,46-44-,52-49-,56-51-. The Morgan fingerprint density at radius 2 is 0.445 bits per heavy atom. The number of unbranched alkanes of at least 4 members (excludes halogenated alkanes) is 38. The van der Waals surface area contributed by atoms with E-state index in [1.54, 1.807) is 0 Å². The van der Waals surface area contributed by atoms with Crippen molar-refractivity contribution in [3.63, 3.8) is 0 Å². The number of phosphoric acid groups is 2. The van der Waals surface area contributed by atoms with Crippen LogP contribution in [0.1, 0.15) is 393 Å². The quantitative estimate of drug-likeness (QED) is 0.0146. The van der Waals surface area contributed by atoms with Crippen LogP contribution in [-0.4, -0.2) is 95.9 Å². The van der Waals surface area contributed by atoms with Crippen LogP contribution >= 0.6 is 15.6 Å². The Morgan fingerprint density at radius 3 is 0.706 bits per heavy atom. The molecule has 0 fully saturated rings. The zero-order valence-electron chi connectivity index (χ0n) is 75.2. The first-order valence-electron chi connectivity index (χ1n) is 47.4. The molecule has 18 heteroatoms. The van der Waals surface area contributed by atoms with Crippen LogP contribution in [0.4, 0.5) is 0 Å². The monoisotopic (exact) mass is 1700 g/mol. The van der Waals surface area contributed by atoms with Gasteiger partial charge in [-0.15, -0.1) is 0 Å². The van der Waals surface area contributed by atoms with Crippen LogP contribution in [-0.2, 0) is 55.8 Å². The smallest absolute Gasteiger partial charge is 0.463 e. The van der Waals surface area contributed by atoms with E-state index in [0.29, 0.717) is 19.3 Å². The predicted molar refractivity (Wildman–Crippen MR) is 500 cm³/mol. The summed E-state index contributed by atoms with van der Waals surface area (Å²) in [5, 5.41) is 20.8. The van der Waals surface area contributed by atoms with Gasteiger partial charge in [0.15, 0.2) is 6.10 Å². The van der Waals surface area contributed by atoms with Gasteiger partial charge in [-0.25, -0.2) is 9.13 Å². The van der Waals surface area contributed by atoms with Crippen molar-refractivity contribution in [2.75, 3.05) is 39.6 Å². The number of allylic oxidation sites excluding steroid dienone is 28. The largest absolute Gasteiger partial charge is 0.472 e. The van der Waals surface area contributed by atoms with E-state index >= 15 is 0 Å². The van der Waals surface area contributed by atoms with Crippen molar-refractivity contribution in [1.82, 2.24) is 0 Å². The Kier molecular flexibility index (Phi) is 88.2. The maximum absolute atomic E-state index is 13.1. The summed E-state index contributed by atoms with van der Waals surface area (Å²) >= 11 is 0. The zero-order valence-corrected chi connectivity index (χ0v) is 77.0. The molecule has 0 saturated carbocycles. The fourth-order valence-electron chi connectivity index (χ4n) is 12.7. The molecule has 0 aromatic rings. The van der Waals surface area contributed by atoms with E-state index in [1.165, 1.54) is 161 Å². The minimum Gasteiger partial charge on any atom is -0.463 e. The highest BCUT2D eigenvalue weighted by molar-refractivity contribution is 7.47. The molecule has 119 heavy (non-hydrogen) atoms. The molecular formula is C101H172O16P2. The molecule has 0 aliphatic heterocycles. The van der Waals surface area contributed by atoms with E-state index in [1.807, 2.05) is 0 Å². The molecule has 682 valence electrons. The molecule has 5 unspecified atom stereocenters. The second-order valence-electron chi connectivity index (χ2n) is 31.4. The summed E-state index contributed by atoms with van der Waals surface area (Å²) in [7, 11) is -9.82.